The summed E-state index contributed by atoms with van der Waals surface area (Å²) in [4.78, 5) is 2.26. The fraction of sp³-hybridized carbons (Fsp3) is 0.600. The maximum absolute atomic E-state index is 5.76. The third-order valence-corrected chi connectivity index (χ3v) is 2.98. The van der Waals surface area contributed by atoms with Gasteiger partial charge < -0.3 is 10.6 Å². The molecule has 0 amide bonds. The lowest BCUT2D eigenvalue weighted by molar-refractivity contribution is 0.517. The standard InChI is InChI=1S/C10H16N4/c1-8-4-6-14(9(8)7-11)10-3-2-5-12-13-10/h2-3,5,8-9H,4,6-7,11H2,1H3. The van der Waals surface area contributed by atoms with Crippen LogP contribution in [0.25, 0.3) is 0 Å². The second-order valence-corrected chi connectivity index (χ2v) is 3.84. The molecular formula is C10H16N4. The predicted octanol–water partition coefficient (Wildman–Crippen LogP) is 0.650. The van der Waals surface area contributed by atoms with Gasteiger partial charge in [-0.05, 0) is 24.5 Å². The molecule has 0 radical (unpaired) electrons. The minimum Gasteiger partial charge on any atom is -0.351 e. The van der Waals surface area contributed by atoms with Gasteiger partial charge in [0.05, 0.1) is 0 Å². The number of rotatable bonds is 2. The molecule has 1 aliphatic heterocycles. The van der Waals surface area contributed by atoms with Crippen LogP contribution in [0.1, 0.15) is 13.3 Å². The van der Waals surface area contributed by atoms with Gasteiger partial charge in [0, 0.05) is 25.3 Å². The molecule has 2 unspecified atom stereocenters. The number of hydrogen-bond acceptors (Lipinski definition) is 4. The SMILES string of the molecule is CC1CCN(c2cccnn2)C1CN. The van der Waals surface area contributed by atoms with Crippen LogP contribution in [0.3, 0.4) is 0 Å². The highest BCUT2D eigenvalue weighted by molar-refractivity contribution is 5.39. The fourth-order valence-electron chi connectivity index (χ4n) is 2.10. The lowest BCUT2D eigenvalue weighted by Crippen LogP contribution is -2.38. The van der Waals surface area contributed by atoms with E-state index in [2.05, 4.69) is 22.0 Å². The Hall–Kier alpha value is -1.16. The molecule has 14 heavy (non-hydrogen) atoms. The van der Waals surface area contributed by atoms with Gasteiger partial charge in [0.2, 0.25) is 0 Å². The lowest BCUT2D eigenvalue weighted by Gasteiger charge is -2.25. The van der Waals surface area contributed by atoms with E-state index < -0.39 is 0 Å². The van der Waals surface area contributed by atoms with Crippen molar-refractivity contribution in [1.29, 1.82) is 0 Å². The Balaban J connectivity index is 2.19. The van der Waals surface area contributed by atoms with Crippen LogP contribution in [0.2, 0.25) is 0 Å². The van der Waals surface area contributed by atoms with Gasteiger partial charge in [-0.25, -0.2) is 0 Å². The van der Waals surface area contributed by atoms with Crippen LogP contribution in [-0.4, -0.2) is 29.3 Å². The molecule has 2 rings (SSSR count). The van der Waals surface area contributed by atoms with Gasteiger partial charge in [-0.1, -0.05) is 6.92 Å². The van der Waals surface area contributed by atoms with Crippen molar-refractivity contribution in [2.24, 2.45) is 11.7 Å². The molecule has 1 fully saturated rings. The summed E-state index contributed by atoms with van der Waals surface area (Å²) in [5.74, 6) is 1.61. The molecule has 1 aliphatic rings. The van der Waals surface area contributed by atoms with E-state index in [9.17, 15) is 0 Å². The zero-order valence-corrected chi connectivity index (χ0v) is 8.43. The van der Waals surface area contributed by atoms with E-state index in [-0.39, 0.29) is 0 Å². The van der Waals surface area contributed by atoms with Gasteiger partial charge >= 0.3 is 0 Å². The van der Waals surface area contributed by atoms with E-state index in [0.717, 1.165) is 12.4 Å². The quantitative estimate of drug-likeness (QED) is 0.747. The molecule has 1 aromatic heterocycles. The van der Waals surface area contributed by atoms with Gasteiger partial charge in [0.25, 0.3) is 0 Å². The first kappa shape index (κ1) is 9.40. The van der Waals surface area contributed by atoms with E-state index in [1.54, 1.807) is 6.20 Å². The Labute approximate surface area is 84.1 Å². The summed E-state index contributed by atoms with van der Waals surface area (Å²) in [5.41, 5.74) is 5.76. The lowest BCUT2D eigenvalue weighted by atomic mass is 10.0. The highest BCUT2D eigenvalue weighted by Gasteiger charge is 2.30. The largest absolute Gasteiger partial charge is 0.351 e. The summed E-state index contributed by atoms with van der Waals surface area (Å²) in [6, 6.07) is 4.33. The molecule has 2 atom stereocenters. The normalized spacial score (nSPS) is 26.9. The van der Waals surface area contributed by atoms with Gasteiger partial charge in [-0.15, -0.1) is 5.10 Å². The maximum atomic E-state index is 5.76. The van der Waals surface area contributed by atoms with Crippen molar-refractivity contribution in [2.75, 3.05) is 18.0 Å². The summed E-state index contributed by atoms with van der Waals surface area (Å²) in [5, 5.41) is 8.00. The van der Waals surface area contributed by atoms with Crippen LogP contribution in [0, 0.1) is 5.92 Å². The molecule has 4 heteroatoms. The van der Waals surface area contributed by atoms with Crippen molar-refractivity contribution >= 4 is 5.82 Å². The summed E-state index contributed by atoms with van der Waals surface area (Å²) < 4.78 is 0. The zero-order chi connectivity index (χ0) is 9.97. The maximum Gasteiger partial charge on any atom is 0.151 e. The van der Waals surface area contributed by atoms with Crippen molar-refractivity contribution in [2.45, 2.75) is 19.4 Å². The molecule has 4 nitrogen and oxygen atoms in total. The minimum absolute atomic E-state index is 0.423. The zero-order valence-electron chi connectivity index (χ0n) is 8.43. The van der Waals surface area contributed by atoms with Gasteiger partial charge in [0.1, 0.15) is 0 Å². The number of nitrogens with two attached hydrogens (primary N) is 1. The van der Waals surface area contributed by atoms with E-state index in [0.29, 0.717) is 18.5 Å². The Morgan fingerprint density at radius 2 is 2.50 bits per heavy atom. The number of nitrogens with zero attached hydrogens (tertiary/aromatic N) is 3. The second kappa shape index (κ2) is 3.92. The molecule has 76 valence electrons. The molecule has 2 heterocycles. The van der Waals surface area contributed by atoms with E-state index >= 15 is 0 Å². The van der Waals surface area contributed by atoms with Crippen LogP contribution in [0.15, 0.2) is 18.3 Å². The van der Waals surface area contributed by atoms with Crippen molar-refractivity contribution in [3.8, 4) is 0 Å². The summed E-state index contributed by atoms with van der Waals surface area (Å²) >= 11 is 0. The average Bonchev–Trinajstić information content (AvgIpc) is 2.61. The van der Waals surface area contributed by atoms with Crippen molar-refractivity contribution in [1.82, 2.24) is 10.2 Å². The topological polar surface area (TPSA) is 55.0 Å². The van der Waals surface area contributed by atoms with E-state index in [4.69, 9.17) is 5.73 Å². The molecule has 2 N–H and O–H groups in total. The molecule has 1 aromatic rings. The van der Waals surface area contributed by atoms with E-state index in [1.165, 1.54) is 6.42 Å². The second-order valence-electron chi connectivity index (χ2n) is 3.84. The third kappa shape index (κ3) is 1.57. The summed E-state index contributed by atoms with van der Waals surface area (Å²) in [7, 11) is 0. The van der Waals surface area contributed by atoms with E-state index in [1.807, 2.05) is 12.1 Å². The highest BCUT2D eigenvalue weighted by atomic mass is 15.3. The number of anilines is 1. The molecule has 1 saturated heterocycles. The van der Waals surface area contributed by atoms with Crippen LogP contribution < -0.4 is 10.6 Å². The average molecular weight is 192 g/mol. The molecule has 0 spiro atoms. The highest BCUT2D eigenvalue weighted by Crippen LogP contribution is 2.26. The fourth-order valence-corrected chi connectivity index (χ4v) is 2.10. The smallest absolute Gasteiger partial charge is 0.151 e. The Kier molecular flexibility index (Phi) is 2.63. The third-order valence-electron chi connectivity index (χ3n) is 2.98. The van der Waals surface area contributed by atoms with Crippen LogP contribution in [0.4, 0.5) is 5.82 Å². The minimum atomic E-state index is 0.423. The summed E-state index contributed by atoms with van der Waals surface area (Å²) in [6.45, 7) is 3.98. The number of hydrogen-bond donors (Lipinski definition) is 1. The molecule has 0 saturated carbocycles. The molecule has 0 aliphatic carbocycles. The first-order chi connectivity index (χ1) is 6.83. The van der Waals surface area contributed by atoms with Gasteiger partial charge in [-0.2, -0.15) is 5.10 Å². The summed E-state index contributed by atoms with van der Waals surface area (Å²) in [6.07, 6.45) is 2.89. The monoisotopic (exact) mass is 192 g/mol. The molecule has 0 aromatic carbocycles. The molecular weight excluding hydrogens is 176 g/mol. The Morgan fingerprint density at radius 1 is 1.64 bits per heavy atom. The molecule has 0 bridgehead atoms. The van der Waals surface area contributed by atoms with Crippen LogP contribution in [0.5, 0.6) is 0 Å². The first-order valence-electron chi connectivity index (χ1n) is 5.07. The van der Waals surface area contributed by atoms with Gasteiger partial charge in [0.15, 0.2) is 5.82 Å². The van der Waals surface area contributed by atoms with Crippen LogP contribution in [-0.2, 0) is 0 Å². The first-order valence-corrected chi connectivity index (χ1v) is 5.07. The van der Waals surface area contributed by atoms with Gasteiger partial charge in [-0.3, -0.25) is 0 Å². The van der Waals surface area contributed by atoms with Crippen LogP contribution >= 0.6 is 0 Å². The van der Waals surface area contributed by atoms with Crippen molar-refractivity contribution < 1.29 is 0 Å². The number of aromatic nitrogens is 2. The predicted molar refractivity (Wildman–Crippen MR) is 56.0 cm³/mol. The Morgan fingerprint density at radius 3 is 3.14 bits per heavy atom. The van der Waals surface area contributed by atoms with Crippen molar-refractivity contribution in [3.63, 3.8) is 0 Å². The van der Waals surface area contributed by atoms with Crippen molar-refractivity contribution in [3.05, 3.63) is 18.3 Å². The Bertz CT molecular complexity index is 287.